The predicted octanol–water partition coefficient (Wildman–Crippen LogP) is 3.48. The zero-order chi connectivity index (χ0) is 15.2. The number of ether oxygens (including phenoxy) is 1. The van der Waals surface area contributed by atoms with Gasteiger partial charge < -0.3 is 4.74 Å². The van der Waals surface area contributed by atoms with E-state index in [1.165, 1.54) is 18.2 Å². The lowest BCUT2D eigenvalue weighted by atomic mass is 10.0. The van der Waals surface area contributed by atoms with Crippen LogP contribution in [0.2, 0.25) is 0 Å². The predicted molar refractivity (Wildman–Crippen MR) is 67.1 cm³/mol. The molecule has 108 valence electrons. The number of rotatable bonds is 5. The molecule has 0 heterocycles. The van der Waals surface area contributed by atoms with Crippen LogP contribution in [0.25, 0.3) is 6.08 Å². The molecule has 0 aliphatic carbocycles. The van der Waals surface area contributed by atoms with Crippen molar-refractivity contribution < 1.29 is 27.5 Å². The van der Waals surface area contributed by atoms with Gasteiger partial charge >= 0.3 is 12.1 Å². The largest absolute Gasteiger partial charge is 0.466 e. The first-order valence-electron chi connectivity index (χ1n) is 5.87. The Labute approximate surface area is 114 Å². The summed E-state index contributed by atoms with van der Waals surface area (Å²) in [7, 11) is 0. The highest BCUT2D eigenvalue weighted by Gasteiger charge is 2.33. The van der Waals surface area contributed by atoms with Crippen LogP contribution >= 0.6 is 0 Å². The molecule has 0 spiro atoms. The fourth-order valence-corrected chi connectivity index (χ4v) is 1.54. The van der Waals surface area contributed by atoms with Gasteiger partial charge in [-0.05, 0) is 18.6 Å². The Bertz CT molecular complexity index is 519. The molecular weight excluding hydrogens is 273 g/mol. The lowest BCUT2D eigenvalue weighted by molar-refractivity contribution is -0.142. The average molecular weight is 286 g/mol. The second-order valence-electron chi connectivity index (χ2n) is 3.87. The number of esters is 1. The molecule has 0 radical (unpaired) electrons. The van der Waals surface area contributed by atoms with Gasteiger partial charge in [0.25, 0.3) is 0 Å². The molecule has 1 rings (SSSR count). The van der Waals surface area contributed by atoms with E-state index in [0.717, 1.165) is 12.1 Å². The van der Waals surface area contributed by atoms with Gasteiger partial charge in [0.05, 0.1) is 18.6 Å². The molecule has 3 nitrogen and oxygen atoms in total. The maximum absolute atomic E-state index is 12.7. The molecule has 6 heteroatoms. The number of carbonyl (C=O) groups excluding carboxylic acids is 2. The first kappa shape index (κ1) is 15.9. The monoisotopic (exact) mass is 286 g/mol. The number of aldehydes is 1. The van der Waals surface area contributed by atoms with Crippen molar-refractivity contribution in [3.05, 3.63) is 41.0 Å². The SMILES string of the molecule is CCOC(=O)CC=Cc1ccc(C=O)c(C(F)(F)F)c1. The Morgan fingerprint density at radius 3 is 2.60 bits per heavy atom. The smallest absolute Gasteiger partial charge is 0.417 e. The molecule has 0 bridgehead atoms. The third kappa shape index (κ3) is 4.53. The summed E-state index contributed by atoms with van der Waals surface area (Å²) >= 11 is 0. The number of hydrogen-bond acceptors (Lipinski definition) is 3. The summed E-state index contributed by atoms with van der Waals surface area (Å²) in [5.74, 6) is -0.454. The van der Waals surface area contributed by atoms with Gasteiger partial charge in [0, 0.05) is 5.56 Å². The topological polar surface area (TPSA) is 43.4 Å². The standard InChI is InChI=1S/C14H13F3O3/c1-2-20-13(19)5-3-4-10-6-7-11(9-18)12(8-10)14(15,16)17/h3-4,6-9H,2,5H2,1H3. The van der Waals surface area contributed by atoms with Crippen molar-refractivity contribution in [3.8, 4) is 0 Å². The van der Waals surface area contributed by atoms with Crippen molar-refractivity contribution in [3.63, 3.8) is 0 Å². The maximum Gasteiger partial charge on any atom is 0.417 e. The molecule has 1 aromatic carbocycles. The van der Waals surface area contributed by atoms with Crippen LogP contribution in [0.3, 0.4) is 0 Å². The Morgan fingerprint density at radius 1 is 1.35 bits per heavy atom. The molecular formula is C14H13F3O3. The van der Waals surface area contributed by atoms with Crippen molar-refractivity contribution in [2.45, 2.75) is 19.5 Å². The van der Waals surface area contributed by atoms with E-state index in [0.29, 0.717) is 0 Å². The van der Waals surface area contributed by atoms with Crippen LogP contribution in [0.5, 0.6) is 0 Å². The molecule has 1 aromatic rings. The van der Waals surface area contributed by atoms with E-state index in [1.807, 2.05) is 0 Å². The van der Waals surface area contributed by atoms with E-state index in [4.69, 9.17) is 0 Å². The third-order valence-corrected chi connectivity index (χ3v) is 2.41. The van der Waals surface area contributed by atoms with Crippen LogP contribution in [0.1, 0.15) is 34.8 Å². The number of hydrogen-bond donors (Lipinski definition) is 0. The Morgan fingerprint density at radius 2 is 2.05 bits per heavy atom. The highest BCUT2D eigenvalue weighted by Crippen LogP contribution is 2.32. The second kappa shape index (κ2) is 6.88. The first-order valence-corrected chi connectivity index (χ1v) is 5.87. The van der Waals surface area contributed by atoms with Crippen molar-refractivity contribution in [1.29, 1.82) is 0 Å². The molecule has 0 N–H and O–H groups in total. The van der Waals surface area contributed by atoms with Gasteiger partial charge in [-0.25, -0.2) is 0 Å². The molecule has 0 atom stereocenters. The molecule has 0 aliphatic heterocycles. The van der Waals surface area contributed by atoms with Crippen molar-refractivity contribution in [2.75, 3.05) is 6.61 Å². The Hall–Kier alpha value is -2.11. The molecule has 0 aromatic heterocycles. The van der Waals surface area contributed by atoms with E-state index in [-0.39, 0.29) is 24.9 Å². The van der Waals surface area contributed by atoms with Gasteiger partial charge in [-0.1, -0.05) is 24.3 Å². The van der Waals surface area contributed by atoms with Gasteiger partial charge in [0.2, 0.25) is 0 Å². The van der Waals surface area contributed by atoms with E-state index in [1.54, 1.807) is 6.92 Å². The summed E-state index contributed by atoms with van der Waals surface area (Å²) in [6.45, 7) is 1.91. The lowest BCUT2D eigenvalue weighted by Crippen LogP contribution is -2.09. The molecule has 20 heavy (non-hydrogen) atoms. The van der Waals surface area contributed by atoms with E-state index in [2.05, 4.69) is 4.74 Å². The Kier molecular flexibility index (Phi) is 5.49. The molecule has 0 fully saturated rings. The summed E-state index contributed by atoms with van der Waals surface area (Å²) in [4.78, 5) is 21.6. The van der Waals surface area contributed by atoms with Gasteiger partial charge in [-0.3, -0.25) is 9.59 Å². The number of carbonyl (C=O) groups is 2. The normalized spacial score (nSPS) is 11.6. The van der Waals surface area contributed by atoms with Crippen molar-refractivity contribution in [2.24, 2.45) is 0 Å². The summed E-state index contributed by atoms with van der Waals surface area (Å²) in [5, 5.41) is 0. The second-order valence-corrected chi connectivity index (χ2v) is 3.87. The van der Waals surface area contributed by atoms with Gasteiger partial charge in [-0.2, -0.15) is 13.2 Å². The summed E-state index contributed by atoms with van der Waals surface area (Å²) in [5.41, 5.74) is -1.15. The molecule has 0 saturated carbocycles. The molecule has 0 aliphatic rings. The van der Waals surface area contributed by atoms with Crippen molar-refractivity contribution >= 4 is 18.3 Å². The average Bonchev–Trinajstić information content (AvgIpc) is 2.38. The van der Waals surface area contributed by atoms with Gasteiger partial charge in [0.1, 0.15) is 0 Å². The molecule has 0 saturated heterocycles. The fraction of sp³-hybridized carbons (Fsp3) is 0.286. The minimum absolute atomic E-state index is 0.0232. The quantitative estimate of drug-likeness (QED) is 0.614. The molecule has 0 unspecified atom stereocenters. The van der Waals surface area contributed by atoms with E-state index < -0.39 is 23.3 Å². The number of halogens is 3. The number of alkyl halides is 3. The Balaban J connectivity index is 2.90. The van der Waals surface area contributed by atoms with Gasteiger partial charge in [-0.15, -0.1) is 0 Å². The van der Waals surface area contributed by atoms with Crippen LogP contribution in [0, 0.1) is 0 Å². The fourth-order valence-electron chi connectivity index (χ4n) is 1.54. The third-order valence-electron chi connectivity index (χ3n) is 2.41. The van der Waals surface area contributed by atoms with Crippen LogP contribution < -0.4 is 0 Å². The first-order chi connectivity index (χ1) is 9.38. The highest BCUT2D eigenvalue weighted by molar-refractivity contribution is 5.79. The van der Waals surface area contributed by atoms with Crippen LogP contribution in [0.15, 0.2) is 24.3 Å². The van der Waals surface area contributed by atoms with Crippen LogP contribution in [-0.2, 0) is 15.7 Å². The minimum atomic E-state index is -4.60. The summed E-state index contributed by atoms with van der Waals surface area (Å²) in [6, 6.07) is 3.34. The lowest BCUT2D eigenvalue weighted by Gasteiger charge is -2.09. The minimum Gasteiger partial charge on any atom is -0.466 e. The number of benzene rings is 1. The highest BCUT2D eigenvalue weighted by atomic mass is 19.4. The van der Waals surface area contributed by atoms with E-state index in [9.17, 15) is 22.8 Å². The zero-order valence-electron chi connectivity index (χ0n) is 10.7. The van der Waals surface area contributed by atoms with Gasteiger partial charge in [0.15, 0.2) is 6.29 Å². The van der Waals surface area contributed by atoms with Crippen LogP contribution in [0.4, 0.5) is 13.2 Å². The van der Waals surface area contributed by atoms with E-state index >= 15 is 0 Å². The van der Waals surface area contributed by atoms with Crippen LogP contribution in [-0.4, -0.2) is 18.9 Å². The maximum atomic E-state index is 12.7. The zero-order valence-corrected chi connectivity index (χ0v) is 10.7. The summed E-state index contributed by atoms with van der Waals surface area (Å²) < 4.78 is 42.8. The van der Waals surface area contributed by atoms with Crippen molar-refractivity contribution in [1.82, 2.24) is 0 Å². The summed E-state index contributed by atoms with van der Waals surface area (Å²) in [6.07, 6.45) is -1.67. The molecule has 0 amide bonds.